The molecular weight excluding hydrogens is 340 g/mol. The fourth-order valence-corrected chi connectivity index (χ4v) is 3.06. The van der Waals surface area contributed by atoms with Crippen molar-refractivity contribution in [1.82, 2.24) is 4.90 Å². The smallest absolute Gasteiger partial charge is 0.321 e. The van der Waals surface area contributed by atoms with Crippen LogP contribution in [0.1, 0.15) is 16.7 Å². The third-order valence-electron chi connectivity index (χ3n) is 4.01. The molecule has 0 saturated carbocycles. The van der Waals surface area contributed by atoms with Gasteiger partial charge in [0.25, 0.3) is 0 Å². The van der Waals surface area contributed by atoms with Crippen LogP contribution in [0.5, 0.6) is 0 Å². The second kappa shape index (κ2) is 7.30. The fourth-order valence-electron chi connectivity index (χ4n) is 2.86. The maximum absolute atomic E-state index is 13.4. The van der Waals surface area contributed by atoms with E-state index in [0.29, 0.717) is 24.5 Å². The first kappa shape index (κ1) is 17.7. The molecule has 0 spiro atoms. The number of hydrogen-bond acceptors (Lipinski definition) is 2. The quantitative estimate of drug-likeness (QED) is 0.907. The van der Waals surface area contributed by atoms with Gasteiger partial charge in [-0.25, -0.2) is 4.39 Å². The highest BCUT2D eigenvalue weighted by molar-refractivity contribution is 6.31. The van der Waals surface area contributed by atoms with E-state index in [4.69, 9.17) is 11.6 Å². The Morgan fingerprint density at radius 3 is 2.70 bits per heavy atom. The summed E-state index contributed by atoms with van der Waals surface area (Å²) in [6, 6.07) is 11.3. The number of halogens is 3. The molecule has 122 valence electrons. The number of rotatable bonds is 3. The Morgan fingerprint density at radius 1 is 1.26 bits per heavy atom. The van der Waals surface area contributed by atoms with Crippen molar-refractivity contribution in [2.24, 2.45) is 0 Å². The van der Waals surface area contributed by atoms with Crippen molar-refractivity contribution in [3.05, 3.63) is 70.0 Å². The van der Waals surface area contributed by atoms with Gasteiger partial charge in [0.15, 0.2) is 0 Å². The van der Waals surface area contributed by atoms with Crippen LogP contribution >= 0.6 is 24.0 Å². The maximum Gasteiger partial charge on any atom is 0.321 e. The van der Waals surface area contributed by atoms with Crippen LogP contribution in [0.25, 0.3) is 0 Å². The molecule has 1 heterocycles. The summed E-state index contributed by atoms with van der Waals surface area (Å²) < 4.78 is 13.4. The molecule has 2 aromatic carbocycles. The molecule has 1 aliphatic heterocycles. The van der Waals surface area contributed by atoms with Crippen LogP contribution in [-0.2, 0) is 24.3 Å². The zero-order valence-electron chi connectivity index (χ0n) is 12.2. The molecule has 1 atom stereocenters. The average molecular weight is 356 g/mol. The van der Waals surface area contributed by atoms with E-state index >= 15 is 0 Å². The predicted octanol–water partition coefficient (Wildman–Crippen LogP) is 3.91. The monoisotopic (exact) mass is 355 g/mol. The van der Waals surface area contributed by atoms with Crippen LogP contribution in [0.4, 0.5) is 4.39 Å². The van der Waals surface area contributed by atoms with Crippen molar-refractivity contribution >= 4 is 30.0 Å². The zero-order valence-corrected chi connectivity index (χ0v) is 13.8. The Balaban J connectivity index is 0.00000192. The van der Waals surface area contributed by atoms with Crippen LogP contribution in [0.3, 0.4) is 0 Å². The summed E-state index contributed by atoms with van der Waals surface area (Å²) in [5.74, 6) is -1.17. The highest BCUT2D eigenvalue weighted by atomic mass is 35.5. The van der Waals surface area contributed by atoms with Crippen LogP contribution in [0.2, 0.25) is 5.02 Å². The highest BCUT2D eigenvalue weighted by Gasteiger charge is 2.31. The summed E-state index contributed by atoms with van der Waals surface area (Å²) in [6.07, 6.45) is 0.370. The number of fused-ring (bicyclic) bond motifs is 1. The Hall–Kier alpha value is -1.62. The van der Waals surface area contributed by atoms with Gasteiger partial charge in [0.2, 0.25) is 0 Å². The Labute approximate surface area is 145 Å². The minimum atomic E-state index is -0.873. The highest BCUT2D eigenvalue weighted by Crippen LogP contribution is 2.27. The molecule has 1 N–H and O–H groups in total. The van der Waals surface area contributed by atoms with Crippen LogP contribution in [0.15, 0.2) is 42.5 Å². The third kappa shape index (κ3) is 3.83. The van der Waals surface area contributed by atoms with E-state index in [1.807, 2.05) is 23.1 Å². The van der Waals surface area contributed by atoms with Crippen LogP contribution in [0, 0.1) is 5.82 Å². The van der Waals surface area contributed by atoms with Crippen molar-refractivity contribution < 1.29 is 14.3 Å². The minimum Gasteiger partial charge on any atom is -0.480 e. The number of aliphatic carboxylic acids is 1. The molecule has 3 rings (SSSR count). The molecule has 0 saturated heterocycles. The molecule has 3 nitrogen and oxygen atoms in total. The van der Waals surface area contributed by atoms with E-state index in [0.717, 1.165) is 16.7 Å². The molecule has 6 heteroatoms. The average Bonchev–Trinajstić information content (AvgIpc) is 2.48. The number of carbonyl (C=O) groups is 1. The van der Waals surface area contributed by atoms with E-state index in [2.05, 4.69) is 0 Å². The first-order valence-corrected chi connectivity index (χ1v) is 7.40. The molecule has 23 heavy (non-hydrogen) atoms. The van der Waals surface area contributed by atoms with Gasteiger partial charge in [-0.3, -0.25) is 9.69 Å². The molecule has 0 bridgehead atoms. The first-order chi connectivity index (χ1) is 10.5. The molecule has 1 aliphatic rings. The Kier molecular flexibility index (Phi) is 5.63. The maximum atomic E-state index is 13.4. The normalized spacial score (nSPS) is 17.2. The van der Waals surface area contributed by atoms with Crippen molar-refractivity contribution in [2.45, 2.75) is 25.6 Å². The third-order valence-corrected chi connectivity index (χ3v) is 4.38. The molecule has 0 amide bonds. The molecule has 1 unspecified atom stereocenters. The summed E-state index contributed by atoms with van der Waals surface area (Å²) in [5, 5.41) is 10.1. The van der Waals surface area contributed by atoms with E-state index in [9.17, 15) is 14.3 Å². The Morgan fingerprint density at radius 2 is 2.00 bits per heavy atom. The van der Waals surface area contributed by atoms with E-state index < -0.39 is 12.0 Å². The number of nitrogens with zero attached hydrogens (tertiary/aromatic N) is 1. The van der Waals surface area contributed by atoms with Gasteiger partial charge in [-0.1, -0.05) is 35.9 Å². The lowest BCUT2D eigenvalue weighted by Crippen LogP contribution is -2.45. The van der Waals surface area contributed by atoms with Gasteiger partial charge >= 0.3 is 5.97 Å². The SMILES string of the molecule is Cl.O=C(O)C1Cc2ccc(F)cc2CN1Cc1ccccc1Cl. The summed E-state index contributed by atoms with van der Waals surface area (Å²) in [6.45, 7) is 0.821. The lowest BCUT2D eigenvalue weighted by Gasteiger charge is -2.34. The van der Waals surface area contributed by atoms with E-state index in [1.54, 1.807) is 12.1 Å². The summed E-state index contributed by atoms with van der Waals surface area (Å²) in [4.78, 5) is 13.4. The largest absolute Gasteiger partial charge is 0.480 e. The van der Waals surface area contributed by atoms with Gasteiger partial charge < -0.3 is 5.11 Å². The number of carboxylic acid groups (broad SMARTS) is 1. The minimum absolute atomic E-state index is 0. The summed E-state index contributed by atoms with van der Waals surface area (Å²) in [7, 11) is 0. The van der Waals surface area contributed by atoms with Gasteiger partial charge in [0.05, 0.1) is 0 Å². The zero-order chi connectivity index (χ0) is 15.7. The second-order valence-electron chi connectivity index (χ2n) is 5.47. The van der Waals surface area contributed by atoms with Gasteiger partial charge in [-0.2, -0.15) is 0 Å². The van der Waals surface area contributed by atoms with Gasteiger partial charge in [-0.05, 0) is 41.3 Å². The fraction of sp³-hybridized carbons (Fsp3) is 0.235. The van der Waals surface area contributed by atoms with Crippen molar-refractivity contribution in [2.75, 3.05) is 0 Å². The lowest BCUT2D eigenvalue weighted by atomic mass is 9.93. The first-order valence-electron chi connectivity index (χ1n) is 7.02. The topological polar surface area (TPSA) is 40.5 Å². The van der Waals surface area contributed by atoms with Gasteiger partial charge in [-0.15, -0.1) is 12.4 Å². The van der Waals surface area contributed by atoms with E-state index in [-0.39, 0.29) is 18.2 Å². The number of hydrogen-bond donors (Lipinski definition) is 1. The molecular formula is C17H16Cl2FNO2. The molecule has 0 radical (unpaired) electrons. The molecule has 2 aromatic rings. The van der Waals surface area contributed by atoms with E-state index in [1.165, 1.54) is 12.1 Å². The summed E-state index contributed by atoms with van der Waals surface area (Å²) in [5.41, 5.74) is 2.60. The molecule has 0 aromatic heterocycles. The van der Waals surface area contributed by atoms with Crippen molar-refractivity contribution in [3.63, 3.8) is 0 Å². The van der Waals surface area contributed by atoms with Crippen molar-refractivity contribution in [1.29, 1.82) is 0 Å². The summed E-state index contributed by atoms with van der Waals surface area (Å²) >= 11 is 6.16. The predicted molar refractivity (Wildman–Crippen MR) is 89.5 cm³/mol. The van der Waals surface area contributed by atoms with Gasteiger partial charge in [0, 0.05) is 18.1 Å². The Bertz CT molecular complexity index is 723. The van der Waals surface area contributed by atoms with Crippen LogP contribution < -0.4 is 0 Å². The number of benzene rings is 2. The standard InChI is InChI=1S/C17H15ClFNO2.ClH/c18-15-4-2-1-3-12(15)9-20-10-13-7-14(19)6-5-11(13)8-16(20)17(21)22;/h1-7,16H,8-10H2,(H,21,22);1H. The number of carboxylic acids is 1. The second-order valence-corrected chi connectivity index (χ2v) is 5.87. The molecule has 0 aliphatic carbocycles. The lowest BCUT2D eigenvalue weighted by molar-refractivity contribution is -0.144. The van der Waals surface area contributed by atoms with Crippen LogP contribution in [-0.4, -0.2) is 22.0 Å². The van der Waals surface area contributed by atoms with Crippen molar-refractivity contribution in [3.8, 4) is 0 Å². The van der Waals surface area contributed by atoms with Gasteiger partial charge in [0.1, 0.15) is 11.9 Å². The molecule has 0 fully saturated rings.